The third-order valence-corrected chi connectivity index (χ3v) is 14.9. The van der Waals surface area contributed by atoms with Crippen LogP contribution in [0.25, 0.3) is 84.5 Å². The second kappa shape index (κ2) is 12.7. The monoisotopic (exact) mass is 775 g/mol. The zero-order valence-electron chi connectivity index (χ0n) is 32.2. The molecule has 1 nitrogen and oxygen atoms in total. The first-order chi connectivity index (χ1) is 28.5. The normalized spacial score (nSPS) is 13.1. The first-order valence-electron chi connectivity index (χ1n) is 20.0. The first kappa shape index (κ1) is 33.6. The van der Waals surface area contributed by atoms with Gasteiger partial charge in [0.15, 0.2) is 0 Å². The average Bonchev–Trinajstić information content (AvgIpc) is 3.92. The maximum atomic E-state index is 2.52. The molecule has 0 atom stereocenters. The molecule has 0 unspecified atom stereocenters. The molecule has 0 aliphatic heterocycles. The molecule has 11 aromatic rings. The number of benzene rings is 9. The minimum Gasteiger partial charge on any atom is -0.308 e. The second-order valence-corrected chi connectivity index (χ2v) is 18.2. The molecule has 1 aliphatic carbocycles. The summed E-state index contributed by atoms with van der Waals surface area (Å²) in [6.07, 6.45) is 0. The topological polar surface area (TPSA) is 3.24 Å². The molecule has 0 fully saturated rings. The number of hydrogen-bond donors (Lipinski definition) is 0. The van der Waals surface area contributed by atoms with Crippen molar-refractivity contribution in [3.8, 4) is 33.4 Å². The molecule has 0 amide bonds. The van der Waals surface area contributed by atoms with Crippen LogP contribution in [0.15, 0.2) is 188 Å². The summed E-state index contributed by atoms with van der Waals surface area (Å²) in [5.41, 5.74) is 13.7. The molecule has 0 N–H and O–H groups in total. The van der Waals surface area contributed by atoms with Gasteiger partial charge >= 0.3 is 0 Å². The van der Waals surface area contributed by atoms with Crippen molar-refractivity contribution in [1.29, 1.82) is 0 Å². The molecule has 12 rings (SSSR count). The number of fused-ring (bicyclic) bond motifs is 11. The lowest BCUT2D eigenvalue weighted by Crippen LogP contribution is -2.14. The Morgan fingerprint density at radius 1 is 0.379 bits per heavy atom. The summed E-state index contributed by atoms with van der Waals surface area (Å²) in [7, 11) is 0. The van der Waals surface area contributed by atoms with Crippen LogP contribution >= 0.6 is 22.7 Å². The zero-order chi connectivity index (χ0) is 38.5. The van der Waals surface area contributed by atoms with E-state index < -0.39 is 0 Å². The number of nitrogens with zero attached hydrogens (tertiary/aromatic N) is 1. The third-order valence-electron chi connectivity index (χ3n) is 12.5. The largest absolute Gasteiger partial charge is 0.308 e. The predicted octanol–water partition coefficient (Wildman–Crippen LogP) is 16.7. The number of anilines is 3. The highest BCUT2D eigenvalue weighted by molar-refractivity contribution is 7.27. The van der Waals surface area contributed by atoms with Gasteiger partial charge in [-0.25, -0.2) is 0 Å². The number of hydrogen-bond acceptors (Lipinski definition) is 3. The fourth-order valence-electron chi connectivity index (χ4n) is 9.61. The molecule has 3 heteroatoms. The summed E-state index contributed by atoms with van der Waals surface area (Å²) >= 11 is 3.78. The Hall–Kier alpha value is -6.52. The maximum Gasteiger partial charge on any atom is 0.0640 e. The molecule has 274 valence electrons. The Labute approximate surface area is 345 Å². The molecule has 58 heavy (non-hydrogen) atoms. The van der Waals surface area contributed by atoms with Gasteiger partial charge in [0.1, 0.15) is 0 Å². The van der Waals surface area contributed by atoms with Crippen molar-refractivity contribution >= 4 is 90.9 Å². The molecule has 2 heterocycles. The summed E-state index contributed by atoms with van der Waals surface area (Å²) in [5, 5.41) is 7.79. The van der Waals surface area contributed by atoms with Crippen molar-refractivity contribution in [2.24, 2.45) is 0 Å². The van der Waals surface area contributed by atoms with Gasteiger partial charge in [0, 0.05) is 52.3 Å². The van der Waals surface area contributed by atoms with Crippen molar-refractivity contribution in [3.63, 3.8) is 0 Å². The van der Waals surface area contributed by atoms with Crippen molar-refractivity contribution in [2.45, 2.75) is 19.3 Å². The fraction of sp³-hybridized carbons (Fsp3) is 0.0545. The highest BCUT2D eigenvalue weighted by Gasteiger charge is 2.35. The Bertz CT molecular complexity index is 3450. The van der Waals surface area contributed by atoms with Gasteiger partial charge < -0.3 is 4.90 Å². The fourth-order valence-corrected chi connectivity index (χ4v) is 12.0. The average molecular weight is 776 g/mol. The van der Waals surface area contributed by atoms with Crippen LogP contribution in [0.1, 0.15) is 25.0 Å². The van der Waals surface area contributed by atoms with Crippen molar-refractivity contribution in [1.82, 2.24) is 0 Å². The van der Waals surface area contributed by atoms with Crippen LogP contribution in [0.5, 0.6) is 0 Å². The minimum atomic E-state index is -0.0691. The lowest BCUT2D eigenvalue weighted by molar-refractivity contribution is 0.660. The number of thiophene rings is 2. The lowest BCUT2D eigenvalue weighted by Gasteiger charge is -2.29. The van der Waals surface area contributed by atoms with Gasteiger partial charge in [-0.3, -0.25) is 0 Å². The van der Waals surface area contributed by atoms with E-state index in [0.717, 1.165) is 11.4 Å². The predicted molar refractivity (Wildman–Crippen MR) is 253 cm³/mol. The summed E-state index contributed by atoms with van der Waals surface area (Å²) in [6, 6.07) is 70.1. The molecule has 0 saturated carbocycles. The molecule has 2 aromatic heterocycles. The van der Waals surface area contributed by atoms with Crippen molar-refractivity contribution < 1.29 is 0 Å². The smallest absolute Gasteiger partial charge is 0.0640 e. The molecule has 0 radical (unpaired) electrons. The highest BCUT2D eigenvalue weighted by Crippen LogP contribution is 2.51. The van der Waals surface area contributed by atoms with Gasteiger partial charge in [0.25, 0.3) is 0 Å². The molecule has 9 aromatic carbocycles. The van der Waals surface area contributed by atoms with Crippen LogP contribution in [0.2, 0.25) is 0 Å². The summed E-state index contributed by atoms with van der Waals surface area (Å²) in [6.45, 7) is 4.73. The van der Waals surface area contributed by atoms with Crippen LogP contribution in [0.3, 0.4) is 0 Å². The van der Waals surface area contributed by atoms with Gasteiger partial charge in [0.05, 0.1) is 16.1 Å². The number of rotatable bonds is 5. The molecular weight excluding hydrogens is 739 g/mol. The highest BCUT2D eigenvalue weighted by atomic mass is 32.1. The van der Waals surface area contributed by atoms with Crippen LogP contribution in [-0.2, 0) is 5.41 Å². The van der Waals surface area contributed by atoms with E-state index in [1.807, 2.05) is 22.7 Å². The SMILES string of the molecule is CC1(C)c2ccccc2-c2ccc(-c3cccc(N(c4ccccc4-c4ccc5sc6ccccc6c5c4)c4cccc5c4sc4c6ccccc6ccc54)c3)cc21. The number of para-hydroxylation sites is 1. The van der Waals surface area contributed by atoms with Crippen LogP contribution in [0, 0.1) is 0 Å². The molecule has 0 spiro atoms. The van der Waals surface area contributed by atoms with Crippen LogP contribution in [0.4, 0.5) is 17.1 Å². The zero-order valence-corrected chi connectivity index (χ0v) is 33.8. The maximum absolute atomic E-state index is 2.52. The lowest BCUT2D eigenvalue weighted by atomic mass is 9.81. The summed E-state index contributed by atoms with van der Waals surface area (Å²) in [4.78, 5) is 2.52. The molecular formula is C55H37NS2. The van der Waals surface area contributed by atoms with Gasteiger partial charge in [-0.15, -0.1) is 22.7 Å². The van der Waals surface area contributed by atoms with Crippen LogP contribution in [-0.4, -0.2) is 0 Å². The minimum absolute atomic E-state index is 0.0691. The van der Waals surface area contributed by atoms with Gasteiger partial charge in [-0.05, 0) is 98.2 Å². The Balaban J connectivity index is 1.08. The van der Waals surface area contributed by atoms with Crippen LogP contribution < -0.4 is 4.90 Å². The van der Waals surface area contributed by atoms with E-state index in [2.05, 4.69) is 207 Å². The van der Waals surface area contributed by atoms with Crippen molar-refractivity contribution in [3.05, 3.63) is 199 Å². The van der Waals surface area contributed by atoms with E-state index >= 15 is 0 Å². The summed E-state index contributed by atoms with van der Waals surface area (Å²) < 4.78 is 5.25. The van der Waals surface area contributed by atoms with Gasteiger partial charge in [0.2, 0.25) is 0 Å². The first-order valence-corrected chi connectivity index (χ1v) is 21.6. The summed E-state index contributed by atoms with van der Waals surface area (Å²) in [5.74, 6) is 0. The van der Waals surface area contributed by atoms with E-state index in [1.54, 1.807) is 0 Å². The Morgan fingerprint density at radius 2 is 1.05 bits per heavy atom. The Kier molecular flexibility index (Phi) is 7.38. The quantitative estimate of drug-likeness (QED) is 0.168. The second-order valence-electron chi connectivity index (χ2n) is 16.1. The van der Waals surface area contributed by atoms with E-state index in [4.69, 9.17) is 0 Å². The third kappa shape index (κ3) is 5.00. The Morgan fingerprint density at radius 3 is 1.98 bits per heavy atom. The van der Waals surface area contributed by atoms with Gasteiger partial charge in [-0.1, -0.05) is 153 Å². The standard InChI is InChI=1S/C55H37NS2/c1-55(2)47-21-8-5-18-41(47)42-28-26-36(33-48(42)55)35-14-11-15-38(31-35)56(50-23-12-20-44-45-29-25-34-13-3-4-17-40(34)53(45)58-54(44)50)49-22-9-6-16-39(49)37-27-30-52-46(32-37)43-19-7-10-24-51(43)57-52/h3-33H,1-2H3. The van der Waals surface area contributed by atoms with Crippen molar-refractivity contribution in [2.75, 3.05) is 4.90 Å². The molecule has 0 saturated heterocycles. The van der Waals surface area contributed by atoms with E-state index in [-0.39, 0.29) is 5.41 Å². The van der Waals surface area contributed by atoms with E-state index in [1.165, 1.54) is 101 Å². The molecule has 0 bridgehead atoms. The van der Waals surface area contributed by atoms with E-state index in [9.17, 15) is 0 Å². The van der Waals surface area contributed by atoms with E-state index in [0.29, 0.717) is 0 Å². The van der Waals surface area contributed by atoms with Gasteiger partial charge in [-0.2, -0.15) is 0 Å². The molecule has 1 aliphatic rings.